The van der Waals surface area contributed by atoms with Crippen LogP contribution in [0.5, 0.6) is 0 Å². The lowest BCUT2D eigenvalue weighted by Gasteiger charge is -2.34. The smallest absolute Gasteiger partial charge is 0.246 e. The van der Waals surface area contributed by atoms with Gasteiger partial charge < -0.3 is 4.90 Å². The molecule has 0 bridgehead atoms. The van der Waals surface area contributed by atoms with E-state index >= 15 is 0 Å². The highest BCUT2D eigenvalue weighted by Crippen LogP contribution is 2.21. The summed E-state index contributed by atoms with van der Waals surface area (Å²) in [4.78, 5) is 15.7. The predicted octanol–water partition coefficient (Wildman–Crippen LogP) is 1.92. The third-order valence-corrected chi connectivity index (χ3v) is 6.47. The average molecular weight is 403 g/mol. The second-order valence-corrected chi connectivity index (χ2v) is 8.54. The van der Waals surface area contributed by atoms with E-state index in [0.717, 1.165) is 25.0 Å². The third kappa shape index (κ3) is 5.46. The van der Waals surface area contributed by atoms with Gasteiger partial charge >= 0.3 is 0 Å². The predicted molar refractivity (Wildman–Crippen MR) is 98.7 cm³/mol. The lowest BCUT2D eigenvalue weighted by Crippen LogP contribution is -2.51. The molecular formula is C18H27F2N3O3S. The van der Waals surface area contributed by atoms with Crippen LogP contribution in [0.15, 0.2) is 23.1 Å². The molecule has 0 N–H and O–H groups in total. The van der Waals surface area contributed by atoms with Crippen LogP contribution in [0, 0.1) is 11.6 Å². The zero-order valence-electron chi connectivity index (χ0n) is 15.8. The minimum absolute atomic E-state index is 0.0413. The number of carbonyl (C=O) groups is 1. The third-order valence-electron chi connectivity index (χ3n) is 4.54. The highest BCUT2D eigenvalue weighted by Gasteiger charge is 2.31. The molecule has 1 amide bonds. The van der Waals surface area contributed by atoms with Gasteiger partial charge in [-0.15, -0.1) is 0 Å². The van der Waals surface area contributed by atoms with Gasteiger partial charge in [-0.1, -0.05) is 13.8 Å². The molecule has 0 aromatic heterocycles. The Kier molecular flexibility index (Phi) is 7.69. The Bertz CT molecular complexity index is 744. The summed E-state index contributed by atoms with van der Waals surface area (Å²) in [6.07, 6.45) is 1.78. The van der Waals surface area contributed by atoms with Crippen LogP contribution in [0.1, 0.15) is 26.7 Å². The molecule has 1 aromatic rings. The van der Waals surface area contributed by atoms with Gasteiger partial charge in [0.05, 0.1) is 6.54 Å². The first-order valence-corrected chi connectivity index (χ1v) is 10.7. The molecule has 1 aromatic carbocycles. The number of hydrogen-bond acceptors (Lipinski definition) is 4. The van der Waals surface area contributed by atoms with E-state index in [2.05, 4.69) is 0 Å². The van der Waals surface area contributed by atoms with Crippen molar-refractivity contribution in [2.75, 3.05) is 45.8 Å². The van der Waals surface area contributed by atoms with Gasteiger partial charge in [-0.25, -0.2) is 17.2 Å². The van der Waals surface area contributed by atoms with E-state index in [1.54, 1.807) is 0 Å². The van der Waals surface area contributed by atoms with E-state index in [4.69, 9.17) is 0 Å². The van der Waals surface area contributed by atoms with Crippen molar-refractivity contribution in [3.63, 3.8) is 0 Å². The summed E-state index contributed by atoms with van der Waals surface area (Å²) in [6.45, 7) is 6.82. The highest BCUT2D eigenvalue weighted by atomic mass is 32.2. The van der Waals surface area contributed by atoms with E-state index in [-0.39, 0.29) is 25.5 Å². The number of halogens is 2. The zero-order chi connectivity index (χ0) is 20.0. The molecule has 6 nitrogen and oxygen atoms in total. The maximum absolute atomic E-state index is 13.9. The van der Waals surface area contributed by atoms with Crippen molar-refractivity contribution in [3.8, 4) is 0 Å². The van der Waals surface area contributed by atoms with Gasteiger partial charge in [-0.3, -0.25) is 9.69 Å². The number of nitrogens with zero attached hydrogens (tertiary/aromatic N) is 3. The summed E-state index contributed by atoms with van der Waals surface area (Å²) in [5.41, 5.74) is 0. The van der Waals surface area contributed by atoms with E-state index in [1.807, 2.05) is 23.6 Å². The zero-order valence-corrected chi connectivity index (χ0v) is 16.6. The Morgan fingerprint density at radius 1 is 1.07 bits per heavy atom. The number of amides is 1. The summed E-state index contributed by atoms with van der Waals surface area (Å²) in [5.74, 6) is -1.87. The summed E-state index contributed by atoms with van der Waals surface area (Å²) in [5, 5.41) is 0. The van der Waals surface area contributed by atoms with Crippen LogP contribution >= 0.6 is 0 Å². The standard InChI is InChI=1S/C18H27F2N3O3S/c1-3-7-22(8-4-2)18(24)14-21-9-11-23(12-10-21)27(25,26)17-6-5-15(19)13-16(17)20/h5-6,13H,3-4,7-12,14H2,1-2H3. The number of benzene rings is 1. The fourth-order valence-electron chi connectivity index (χ4n) is 3.14. The summed E-state index contributed by atoms with van der Waals surface area (Å²) < 4.78 is 53.3. The first kappa shape index (κ1) is 21.7. The largest absolute Gasteiger partial charge is 0.342 e. The van der Waals surface area contributed by atoms with Gasteiger partial charge in [0, 0.05) is 45.3 Å². The molecule has 9 heteroatoms. The lowest BCUT2D eigenvalue weighted by atomic mass is 10.3. The average Bonchev–Trinajstić information content (AvgIpc) is 2.61. The highest BCUT2D eigenvalue weighted by molar-refractivity contribution is 7.89. The van der Waals surface area contributed by atoms with Gasteiger partial charge in [0.1, 0.15) is 16.5 Å². The van der Waals surface area contributed by atoms with Gasteiger partial charge in [0.25, 0.3) is 0 Å². The Hall–Kier alpha value is -1.58. The van der Waals surface area contributed by atoms with Crippen molar-refractivity contribution in [2.45, 2.75) is 31.6 Å². The molecule has 0 radical (unpaired) electrons. The number of hydrogen-bond donors (Lipinski definition) is 0. The first-order chi connectivity index (χ1) is 12.8. The van der Waals surface area contributed by atoms with Crippen LogP contribution in [-0.4, -0.2) is 74.2 Å². The van der Waals surface area contributed by atoms with E-state index in [1.165, 1.54) is 4.31 Å². The van der Waals surface area contributed by atoms with Crippen LogP contribution in [0.4, 0.5) is 8.78 Å². The van der Waals surface area contributed by atoms with Crippen LogP contribution in [0.2, 0.25) is 0 Å². The normalized spacial score (nSPS) is 16.4. The van der Waals surface area contributed by atoms with Crippen LogP contribution < -0.4 is 0 Å². The molecule has 0 unspecified atom stereocenters. The number of piperazine rings is 1. The molecule has 1 heterocycles. The van der Waals surface area contributed by atoms with E-state index < -0.39 is 26.6 Å². The lowest BCUT2D eigenvalue weighted by molar-refractivity contribution is -0.132. The fourth-order valence-corrected chi connectivity index (χ4v) is 4.61. The van der Waals surface area contributed by atoms with Crippen LogP contribution in [-0.2, 0) is 14.8 Å². The first-order valence-electron chi connectivity index (χ1n) is 9.25. The van der Waals surface area contributed by atoms with Crippen molar-refractivity contribution in [1.82, 2.24) is 14.1 Å². The fraction of sp³-hybridized carbons (Fsp3) is 0.611. The van der Waals surface area contributed by atoms with Crippen molar-refractivity contribution < 1.29 is 22.0 Å². The minimum atomic E-state index is -4.03. The molecular weight excluding hydrogens is 376 g/mol. The summed E-state index contributed by atoms with van der Waals surface area (Å²) >= 11 is 0. The maximum Gasteiger partial charge on any atom is 0.246 e. The van der Waals surface area contributed by atoms with Crippen molar-refractivity contribution in [2.24, 2.45) is 0 Å². The Balaban J connectivity index is 1.97. The Morgan fingerprint density at radius 3 is 2.19 bits per heavy atom. The van der Waals surface area contributed by atoms with Crippen molar-refractivity contribution >= 4 is 15.9 Å². The molecule has 2 rings (SSSR count). The maximum atomic E-state index is 13.9. The Labute approximate surface area is 159 Å². The second kappa shape index (κ2) is 9.57. The Morgan fingerprint density at radius 2 is 1.67 bits per heavy atom. The molecule has 1 aliphatic heterocycles. The van der Waals surface area contributed by atoms with Crippen molar-refractivity contribution in [1.29, 1.82) is 0 Å². The number of sulfonamides is 1. The molecule has 0 spiro atoms. The number of rotatable bonds is 8. The van der Waals surface area contributed by atoms with Gasteiger partial charge in [0.2, 0.25) is 15.9 Å². The summed E-state index contributed by atoms with van der Waals surface area (Å²) in [7, 11) is -4.03. The second-order valence-electron chi connectivity index (χ2n) is 6.64. The minimum Gasteiger partial charge on any atom is -0.342 e. The molecule has 152 valence electrons. The molecule has 0 aliphatic carbocycles. The molecule has 0 saturated carbocycles. The van der Waals surface area contributed by atoms with E-state index in [9.17, 15) is 22.0 Å². The van der Waals surface area contributed by atoms with Crippen LogP contribution in [0.3, 0.4) is 0 Å². The van der Waals surface area contributed by atoms with Gasteiger partial charge in [-0.05, 0) is 25.0 Å². The topological polar surface area (TPSA) is 60.9 Å². The quantitative estimate of drug-likeness (QED) is 0.665. The van der Waals surface area contributed by atoms with E-state index in [0.29, 0.717) is 32.2 Å². The molecule has 0 atom stereocenters. The monoisotopic (exact) mass is 403 g/mol. The molecule has 1 saturated heterocycles. The SMILES string of the molecule is CCCN(CCC)C(=O)CN1CCN(S(=O)(=O)c2ccc(F)cc2F)CC1. The molecule has 1 aliphatic rings. The number of carbonyl (C=O) groups excluding carboxylic acids is 1. The van der Waals surface area contributed by atoms with Crippen molar-refractivity contribution in [3.05, 3.63) is 29.8 Å². The molecule has 1 fully saturated rings. The molecule has 27 heavy (non-hydrogen) atoms. The van der Waals surface area contributed by atoms with Crippen LogP contribution in [0.25, 0.3) is 0 Å². The summed E-state index contributed by atoms with van der Waals surface area (Å²) in [6, 6.07) is 2.45. The van der Waals surface area contributed by atoms with Gasteiger partial charge in [-0.2, -0.15) is 4.31 Å². The van der Waals surface area contributed by atoms with Gasteiger partial charge in [0.15, 0.2) is 0 Å².